The molecule has 8 heteroatoms. The van der Waals surface area contributed by atoms with Crippen LogP contribution in [0.4, 0.5) is 0 Å². The molecular weight excluding hydrogens is 392 g/mol. The van der Waals surface area contributed by atoms with Crippen LogP contribution in [-0.2, 0) is 19.2 Å². The lowest BCUT2D eigenvalue weighted by molar-refractivity contribution is -0.135. The van der Waals surface area contributed by atoms with Gasteiger partial charge in [-0.1, -0.05) is 32.7 Å². The molecule has 164 valence electrons. The molecular formula is C22H28O8. The topological polar surface area (TPSA) is 149 Å². The highest BCUT2D eigenvalue weighted by atomic mass is 16.4. The Morgan fingerprint density at radius 1 is 0.700 bits per heavy atom. The molecule has 8 nitrogen and oxygen atoms in total. The van der Waals surface area contributed by atoms with Gasteiger partial charge in [0.2, 0.25) is 0 Å². The smallest absolute Gasteiger partial charge is 0.330 e. The summed E-state index contributed by atoms with van der Waals surface area (Å²) in [6.45, 7) is 14.3. The first-order valence-corrected chi connectivity index (χ1v) is 9.45. The van der Waals surface area contributed by atoms with Crippen LogP contribution in [0.25, 0.3) is 0 Å². The van der Waals surface area contributed by atoms with Gasteiger partial charge in [0, 0.05) is 22.3 Å². The van der Waals surface area contributed by atoms with E-state index < -0.39 is 35.2 Å². The quantitative estimate of drug-likeness (QED) is 0.350. The van der Waals surface area contributed by atoms with E-state index in [4.69, 9.17) is 0 Å². The molecule has 0 radical (unpaired) electrons. The zero-order chi connectivity index (χ0) is 23.2. The third kappa shape index (κ3) is 6.17. The summed E-state index contributed by atoms with van der Waals surface area (Å²) in [5.41, 5.74) is -1.37. The fourth-order valence-electron chi connectivity index (χ4n) is 4.49. The molecule has 0 aromatic carbocycles. The molecule has 2 atom stereocenters. The van der Waals surface area contributed by atoms with Crippen LogP contribution in [0, 0.1) is 17.3 Å². The molecule has 2 unspecified atom stereocenters. The summed E-state index contributed by atoms with van der Waals surface area (Å²) < 4.78 is 0. The zero-order valence-corrected chi connectivity index (χ0v) is 16.9. The fourth-order valence-corrected chi connectivity index (χ4v) is 4.49. The van der Waals surface area contributed by atoms with Crippen molar-refractivity contribution in [3.05, 3.63) is 48.6 Å². The second-order valence-electron chi connectivity index (χ2n) is 8.02. The van der Waals surface area contributed by atoms with Crippen molar-refractivity contribution < 1.29 is 39.6 Å². The number of aliphatic carboxylic acids is 4. The van der Waals surface area contributed by atoms with Gasteiger partial charge in [0.05, 0.1) is 0 Å². The van der Waals surface area contributed by atoms with Gasteiger partial charge in [0.1, 0.15) is 0 Å². The normalized spacial score (nSPS) is 20.0. The number of carboxylic acids is 4. The fraction of sp³-hybridized carbons (Fsp3) is 0.455. The number of hydrogen-bond acceptors (Lipinski definition) is 4. The van der Waals surface area contributed by atoms with Gasteiger partial charge in [-0.3, -0.25) is 0 Å². The lowest BCUT2D eigenvalue weighted by Gasteiger charge is -2.49. The van der Waals surface area contributed by atoms with Crippen LogP contribution in [0.2, 0.25) is 0 Å². The molecule has 1 fully saturated rings. The van der Waals surface area contributed by atoms with Gasteiger partial charge in [-0.05, 0) is 55.8 Å². The Morgan fingerprint density at radius 3 is 1.50 bits per heavy atom. The van der Waals surface area contributed by atoms with Gasteiger partial charge < -0.3 is 20.4 Å². The maximum Gasteiger partial charge on any atom is 0.330 e. The predicted octanol–water partition coefficient (Wildman–Crippen LogP) is 3.51. The summed E-state index contributed by atoms with van der Waals surface area (Å²) in [6.07, 6.45) is 1.50. The van der Waals surface area contributed by atoms with E-state index in [0.29, 0.717) is 19.3 Å². The standard InChI is InChI=1S/C22H28O8/c1-12(18(23)24)8-16-6-5-7-22(10-14(3)20(27)28,11-15(4)21(29)30)17(16)9-13(2)19(25)26/h16-17H,1-11H2,(H,23,24)(H,25,26)(H,27,28)(H,29,30). The van der Waals surface area contributed by atoms with Gasteiger partial charge in [0.25, 0.3) is 0 Å². The maximum atomic E-state index is 11.5. The van der Waals surface area contributed by atoms with Crippen molar-refractivity contribution >= 4 is 23.9 Å². The molecule has 0 amide bonds. The van der Waals surface area contributed by atoms with E-state index in [0.717, 1.165) is 0 Å². The Hall–Kier alpha value is -3.16. The van der Waals surface area contributed by atoms with Crippen LogP contribution in [0.5, 0.6) is 0 Å². The van der Waals surface area contributed by atoms with Gasteiger partial charge in [-0.2, -0.15) is 0 Å². The van der Waals surface area contributed by atoms with Crippen molar-refractivity contribution in [2.75, 3.05) is 0 Å². The van der Waals surface area contributed by atoms with Gasteiger partial charge in [0.15, 0.2) is 0 Å². The number of carboxylic acid groups (broad SMARTS) is 4. The summed E-state index contributed by atoms with van der Waals surface area (Å²) in [5.74, 6) is -5.72. The molecule has 1 rings (SSSR count). The predicted molar refractivity (Wildman–Crippen MR) is 109 cm³/mol. The summed E-state index contributed by atoms with van der Waals surface area (Å²) in [5, 5.41) is 37.3. The molecule has 1 aliphatic carbocycles. The molecule has 4 N–H and O–H groups in total. The van der Waals surface area contributed by atoms with Gasteiger partial charge in [-0.15, -0.1) is 0 Å². The summed E-state index contributed by atoms with van der Waals surface area (Å²) in [4.78, 5) is 45.7. The van der Waals surface area contributed by atoms with E-state index in [2.05, 4.69) is 26.3 Å². The second kappa shape index (κ2) is 10.0. The van der Waals surface area contributed by atoms with E-state index in [1.165, 1.54) is 0 Å². The largest absolute Gasteiger partial charge is 0.478 e. The van der Waals surface area contributed by atoms with Crippen molar-refractivity contribution in [1.29, 1.82) is 0 Å². The third-order valence-electron chi connectivity index (χ3n) is 5.92. The number of hydrogen-bond donors (Lipinski definition) is 4. The molecule has 0 bridgehead atoms. The molecule has 0 aliphatic heterocycles. The van der Waals surface area contributed by atoms with Crippen molar-refractivity contribution in [3.63, 3.8) is 0 Å². The Balaban J connectivity index is 3.50. The van der Waals surface area contributed by atoms with E-state index in [-0.39, 0.29) is 53.9 Å². The van der Waals surface area contributed by atoms with Crippen molar-refractivity contribution in [3.8, 4) is 0 Å². The minimum Gasteiger partial charge on any atom is -0.478 e. The van der Waals surface area contributed by atoms with E-state index in [1.54, 1.807) is 0 Å². The van der Waals surface area contributed by atoms with E-state index in [1.807, 2.05) is 0 Å². The summed E-state index contributed by atoms with van der Waals surface area (Å²) in [7, 11) is 0. The Bertz CT molecular complexity index is 776. The Morgan fingerprint density at radius 2 is 1.10 bits per heavy atom. The molecule has 1 saturated carbocycles. The average Bonchev–Trinajstić information content (AvgIpc) is 2.63. The summed E-state index contributed by atoms with van der Waals surface area (Å²) >= 11 is 0. The maximum absolute atomic E-state index is 11.5. The first-order valence-electron chi connectivity index (χ1n) is 9.45. The van der Waals surface area contributed by atoms with Crippen molar-refractivity contribution in [2.45, 2.75) is 44.9 Å². The first-order chi connectivity index (χ1) is 13.8. The van der Waals surface area contributed by atoms with E-state index in [9.17, 15) is 39.6 Å². The third-order valence-corrected chi connectivity index (χ3v) is 5.92. The highest BCUT2D eigenvalue weighted by Gasteiger charge is 2.47. The average molecular weight is 420 g/mol. The minimum absolute atomic E-state index is 0.0350. The lowest BCUT2D eigenvalue weighted by atomic mass is 9.55. The molecule has 0 heterocycles. The first kappa shape index (κ1) is 24.9. The minimum atomic E-state index is -1.23. The lowest BCUT2D eigenvalue weighted by Crippen LogP contribution is -2.42. The van der Waals surface area contributed by atoms with Gasteiger partial charge >= 0.3 is 23.9 Å². The molecule has 30 heavy (non-hydrogen) atoms. The van der Waals surface area contributed by atoms with Crippen LogP contribution in [0.1, 0.15) is 44.9 Å². The van der Waals surface area contributed by atoms with Crippen molar-refractivity contribution in [1.82, 2.24) is 0 Å². The highest BCUT2D eigenvalue weighted by molar-refractivity contribution is 5.88. The molecule has 0 aromatic rings. The van der Waals surface area contributed by atoms with Gasteiger partial charge in [-0.25, -0.2) is 19.2 Å². The monoisotopic (exact) mass is 420 g/mol. The molecule has 0 saturated heterocycles. The highest BCUT2D eigenvalue weighted by Crippen LogP contribution is 2.55. The van der Waals surface area contributed by atoms with E-state index >= 15 is 0 Å². The molecule has 1 aliphatic rings. The van der Waals surface area contributed by atoms with Crippen LogP contribution in [0.15, 0.2) is 48.6 Å². The molecule has 0 spiro atoms. The number of rotatable bonds is 12. The van der Waals surface area contributed by atoms with Crippen LogP contribution in [-0.4, -0.2) is 44.3 Å². The van der Waals surface area contributed by atoms with Crippen molar-refractivity contribution in [2.24, 2.45) is 17.3 Å². The molecule has 0 aromatic heterocycles. The van der Waals surface area contributed by atoms with Crippen LogP contribution >= 0.6 is 0 Å². The zero-order valence-electron chi connectivity index (χ0n) is 16.9. The SMILES string of the molecule is C=C(CC1CCCC(CC(=C)C(=O)O)(CC(=C)C(=O)O)C1CC(=C)C(=O)O)C(=O)O. The Kier molecular flexibility index (Phi) is 8.33. The second-order valence-corrected chi connectivity index (χ2v) is 8.02. The van der Waals surface area contributed by atoms with Crippen LogP contribution < -0.4 is 0 Å². The number of carbonyl (C=O) groups is 4. The summed E-state index contributed by atoms with van der Waals surface area (Å²) in [6, 6.07) is 0. The van der Waals surface area contributed by atoms with Crippen LogP contribution in [0.3, 0.4) is 0 Å². The Labute approximate surface area is 174 Å².